The van der Waals surface area contributed by atoms with E-state index >= 15 is 0 Å². The number of nitrogens with one attached hydrogen (secondary N) is 2. The van der Waals surface area contributed by atoms with Gasteiger partial charge < -0.3 is 10.6 Å². The topological polar surface area (TPSA) is 84.3 Å². The summed E-state index contributed by atoms with van der Waals surface area (Å²) in [5.41, 5.74) is 1.12. The predicted molar refractivity (Wildman–Crippen MR) is 89.4 cm³/mol. The molecule has 0 fully saturated rings. The molecule has 6 nitrogen and oxygen atoms in total. The summed E-state index contributed by atoms with van der Waals surface area (Å²) in [6.07, 6.45) is 0. The van der Waals surface area contributed by atoms with E-state index in [1.54, 1.807) is 12.1 Å². The van der Waals surface area contributed by atoms with Crippen LogP contribution in [0.3, 0.4) is 0 Å². The normalized spacial score (nSPS) is 10.5. The van der Waals surface area contributed by atoms with Gasteiger partial charge in [0, 0.05) is 24.2 Å². The van der Waals surface area contributed by atoms with Crippen molar-refractivity contribution in [3.8, 4) is 0 Å². The number of anilines is 1. The van der Waals surface area contributed by atoms with E-state index in [1.165, 1.54) is 30.3 Å². The number of halogens is 1. The zero-order valence-electron chi connectivity index (χ0n) is 13.4. The van der Waals surface area contributed by atoms with Crippen LogP contribution in [0.25, 0.3) is 0 Å². The third-order valence-electron chi connectivity index (χ3n) is 3.27. The molecule has 2 aromatic rings. The summed E-state index contributed by atoms with van der Waals surface area (Å²) in [5, 5.41) is 16.9. The first-order valence-electron chi connectivity index (χ1n) is 7.44. The average Bonchev–Trinajstić information content (AvgIpc) is 2.53. The van der Waals surface area contributed by atoms with Crippen LogP contribution in [0.15, 0.2) is 42.5 Å². The van der Waals surface area contributed by atoms with E-state index in [9.17, 15) is 19.3 Å². The van der Waals surface area contributed by atoms with Crippen LogP contribution in [0.5, 0.6) is 0 Å². The lowest BCUT2D eigenvalue weighted by molar-refractivity contribution is -0.384. The Kier molecular flexibility index (Phi) is 5.47. The third-order valence-corrected chi connectivity index (χ3v) is 3.27. The summed E-state index contributed by atoms with van der Waals surface area (Å²) >= 11 is 0. The maximum atomic E-state index is 12.9. The van der Waals surface area contributed by atoms with E-state index in [4.69, 9.17) is 0 Å². The molecule has 0 aliphatic carbocycles. The largest absolute Gasteiger partial charge is 0.375 e. The highest BCUT2D eigenvalue weighted by Crippen LogP contribution is 2.26. The first kappa shape index (κ1) is 17.4. The van der Waals surface area contributed by atoms with Crippen molar-refractivity contribution in [3.05, 3.63) is 69.5 Å². The molecule has 126 valence electrons. The molecule has 2 rings (SSSR count). The van der Waals surface area contributed by atoms with Gasteiger partial charge in [0.25, 0.3) is 11.6 Å². The van der Waals surface area contributed by atoms with Crippen molar-refractivity contribution < 1.29 is 14.1 Å². The fourth-order valence-electron chi connectivity index (χ4n) is 2.12. The first-order valence-corrected chi connectivity index (χ1v) is 7.44. The number of amides is 1. The molecule has 1 amide bonds. The zero-order valence-corrected chi connectivity index (χ0v) is 13.4. The summed E-state index contributed by atoms with van der Waals surface area (Å²) < 4.78 is 12.9. The molecule has 0 aliphatic rings. The van der Waals surface area contributed by atoms with Gasteiger partial charge in [-0.1, -0.05) is 12.1 Å². The second-order valence-electron chi connectivity index (χ2n) is 5.60. The number of benzene rings is 2. The number of carbonyl (C=O) groups is 1. The van der Waals surface area contributed by atoms with Gasteiger partial charge in [-0.05, 0) is 43.7 Å². The number of nitro benzene ring substituents is 1. The van der Waals surface area contributed by atoms with E-state index in [2.05, 4.69) is 10.6 Å². The van der Waals surface area contributed by atoms with Crippen LogP contribution in [-0.4, -0.2) is 16.9 Å². The lowest BCUT2D eigenvalue weighted by Gasteiger charge is -2.11. The average molecular weight is 331 g/mol. The second kappa shape index (κ2) is 7.54. The Bertz CT molecular complexity index is 745. The van der Waals surface area contributed by atoms with Crippen molar-refractivity contribution in [3.63, 3.8) is 0 Å². The Morgan fingerprint density at radius 1 is 1.21 bits per heavy atom. The van der Waals surface area contributed by atoms with Gasteiger partial charge in [0.2, 0.25) is 0 Å². The molecular formula is C17H18FN3O3. The second-order valence-corrected chi connectivity index (χ2v) is 5.60. The molecule has 24 heavy (non-hydrogen) atoms. The molecule has 0 heterocycles. The number of carbonyl (C=O) groups excluding carboxylic acids is 1. The molecule has 0 spiro atoms. The number of hydrogen-bond donors (Lipinski definition) is 2. The van der Waals surface area contributed by atoms with E-state index in [0.717, 1.165) is 5.56 Å². The van der Waals surface area contributed by atoms with Crippen molar-refractivity contribution in [2.45, 2.75) is 26.4 Å². The highest BCUT2D eigenvalue weighted by atomic mass is 19.1. The summed E-state index contributed by atoms with van der Waals surface area (Å²) in [6.45, 7) is 3.93. The fraction of sp³-hybridized carbons (Fsp3) is 0.235. The van der Waals surface area contributed by atoms with Gasteiger partial charge in [0.1, 0.15) is 11.5 Å². The quantitative estimate of drug-likeness (QED) is 0.627. The van der Waals surface area contributed by atoms with E-state index in [-0.39, 0.29) is 29.0 Å². The van der Waals surface area contributed by atoms with Crippen molar-refractivity contribution in [1.29, 1.82) is 0 Å². The first-order chi connectivity index (χ1) is 11.4. The molecule has 2 N–H and O–H groups in total. The predicted octanol–water partition coefficient (Wildman–Crippen LogP) is 3.48. The SMILES string of the molecule is CC(C)NC(=O)c1ccc(NCc2ccc(F)cc2)c([N+](=O)[O-])c1. The molecule has 0 saturated heterocycles. The number of rotatable bonds is 6. The van der Waals surface area contributed by atoms with Crippen LogP contribution in [0.1, 0.15) is 29.8 Å². The zero-order chi connectivity index (χ0) is 17.7. The maximum absolute atomic E-state index is 12.9. The molecule has 2 aromatic carbocycles. The lowest BCUT2D eigenvalue weighted by Crippen LogP contribution is -2.30. The highest BCUT2D eigenvalue weighted by Gasteiger charge is 2.17. The van der Waals surface area contributed by atoms with Gasteiger partial charge >= 0.3 is 0 Å². The van der Waals surface area contributed by atoms with Crippen molar-refractivity contribution in [1.82, 2.24) is 5.32 Å². The molecule has 7 heteroatoms. The molecule has 0 aromatic heterocycles. The molecule has 0 radical (unpaired) electrons. The van der Waals surface area contributed by atoms with Crippen LogP contribution >= 0.6 is 0 Å². The van der Waals surface area contributed by atoms with E-state index < -0.39 is 4.92 Å². The molecule has 0 bridgehead atoms. The van der Waals surface area contributed by atoms with E-state index in [0.29, 0.717) is 12.2 Å². The monoisotopic (exact) mass is 331 g/mol. The lowest BCUT2D eigenvalue weighted by atomic mass is 10.1. The Morgan fingerprint density at radius 3 is 2.46 bits per heavy atom. The summed E-state index contributed by atoms with van der Waals surface area (Å²) in [7, 11) is 0. The van der Waals surface area contributed by atoms with Crippen molar-refractivity contribution >= 4 is 17.3 Å². The van der Waals surface area contributed by atoms with Gasteiger partial charge in [-0.15, -0.1) is 0 Å². The molecule has 0 aliphatic heterocycles. The standard InChI is InChI=1S/C17H18FN3O3/c1-11(2)20-17(22)13-5-8-15(16(9-13)21(23)24)19-10-12-3-6-14(18)7-4-12/h3-9,11,19H,10H2,1-2H3,(H,20,22). The van der Waals surface area contributed by atoms with Crippen LogP contribution in [0.2, 0.25) is 0 Å². The summed E-state index contributed by atoms with van der Waals surface area (Å²) in [4.78, 5) is 22.7. The molecular weight excluding hydrogens is 313 g/mol. The summed E-state index contributed by atoms with van der Waals surface area (Å²) in [6, 6.07) is 10.0. The minimum absolute atomic E-state index is 0.0622. The Morgan fingerprint density at radius 2 is 1.88 bits per heavy atom. The van der Waals surface area contributed by atoms with Gasteiger partial charge in [-0.2, -0.15) is 0 Å². The number of nitro groups is 1. The molecule has 0 saturated carbocycles. The Hall–Kier alpha value is -2.96. The van der Waals surface area contributed by atoms with Crippen LogP contribution in [0, 0.1) is 15.9 Å². The minimum atomic E-state index is -0.543. The van der Waals surface area contributed by atoms with Gasteiger partial charge in [-0.3, -0.25) is 14.9 Å². The van der Waals surface area contributed by atoms with E-state index in [1.807, 2.05) is 13.8 Å². The van der Waals surface area contributed by atoms with Crippen molar-refractivity contribution in [2.24, 2.45) is 0 Å². The molecule has 0 atom stereocenters. The van der Waals surface area contributed by atoms with Crippen LogP contribution < -0.4 is 10.6 Å². The molecule has 0 unspecified atom stereocenters. The Balaban J connectivity index is 2.18. The Labute approximate surface area is 138 Å². The number of nitrogens with zero attached hydrogens (tertiary/aromatic N) is 1. The van der Waals surface area contributed by atoms with Gasteiger partial charge in [0.15, 0.2) is 0 Å². The maximum Gasteiger partial charge on any atom is 0.293 e. The summed E-state index contributed by atoms with van der Waals surface area (Å²) in [5.74, 6) is -0.705. The fourth-order valence-corrected chi connectivity index (χ4v) is 2.12. The van der Waals surface area contributed by atoms with Gasteiger partial charge in [-0.25, -0.2) is 4.39 Å². The number of hydrogen-bond acceptors (Lipinski definition) is 4. The smallest absolute Gasteiger partial charge is 0.293 e. The van der Waals surface area contributed by atoms with Gasteiger partial charge in [0.05, 0.1) is 4.92 Å². The van der Waals surface area contributed by atoms with Crippen LogP contribution in [0.4, 0.5) is 15.8 Å². The highest BCUT2D eigenvalue weighted by molar-refractivity contribution is 5.95. The third kappa shape index (κ3) is 4.52. The minimum Gasteiger partial charge on any atom is -0.375 e. The van der Waals surface area contributed by atoms with Crippen molar-refractivity contribution in [2.75, 3.05) is 5.32 Å². The van der Waals surface area contributed by atoms with Crippen LogP contribution in [-0.2, 0) is 6.54 Å².